The first kappa shape index (κ1) is 26.6. The van der Waals surface area contributed by atoms with E-state index in [0.717, 1.165) is 24.5 Å². The maximum absolute atomic E-state index is 13.3. The molecule has 0 aliphatic rings. The molecule has 4 rings (SSSR count). The average molecular weight is 678 g/mol. The number of hydrogen-bond acceptors (Lipinski definition) is 5. The zero-order valence-corrected chi connectivity index (χ0v) is 24.7. The number of hydrogen-bond donors (Lipinski definition) is 0. The molecule has 0 aliphatic carbocycles. The van der Waals surface area contributed by atoms with Crippen molar-refractivity contribution in [2.75, 3.05) is 6.61 Å². The molecule has 6 nitrogen and oxygen atoms in total. The molecule has 186 valence electrons. The molecule has 0 atom stereocenters. The maximum atomic E-state index is 13.3. The minimum atomic E-state index is -0.222. The lowest BCUT2D eigenvalue weighted by atomic mass is 10.2. The number of aromatic nitrogens is 2. The Hall–Kier alpha value is -2.49. The van der Waals surface area contributed by atoms with Gasteiger partial charge in [-0.3, -0.25) is 4.79 Å². The van der Waals surface area contributed by atoms with E-state index in [2.05, 4.69) is 52.9 Å². The first-order valence-corrected chi connectivity index (χ1v) is 13.7. The number of halogens is 3. The predicted molar refractivity (Wildman–Crippen MR) is 155 cm³/mol. The highest BCUT2D eigenvalue weighted by Gasteiger charge is 2.15. The van der Waals surface area contributed by atoms with Gasteiger partial charge in [0.15, 0.2) is 11.5 Å². The van der Waals surface area contributed by atoms with Crippen LogP contribution in [0, 0.1) is 0 Å². The second-order valence-corrected chi connectivity index (χ2v) is 11.0. The van der Waals surface area contributed by atoms with E-state index in [1.807, 2.05) is 69.3 Å². The van der Waals surface area contributed by atoms with Crippen LogP contribution in [0.3, 0.4) is 0 Å². The van der Waals surface area contributed by atoms with Gasteiger partial charge in [0.25, 0.3) is 5.56 Å². The molecule has 3 aromatic carbocycles. The Morgan fingerprint density at radius 2 is 1.72 bits per heavy atom. The fraction of sp³-hybridized carbons (Fsp3) is 0.222. The molecule has 0 unspecified atom stereocenters. The van der Waals surface area contributed by atoms with Gasteiger partial charge < -0.3 is 9.47 Å². The third-order valence-corrected chi connectivity index (χ3v) is 6.91. The van der Waals surface area contributed by atoms with E-state index in [1.54, 1.807) is 12.3 Å². The standard InChI is InChI=1S/C27H24Br3N3O3/c1-4-35-24-12-18(11-22(30)25(24)36-15-17-5-7-19(28)8-6-17)14-31-33-26(16(2)3)32-23-10-9-20(29)13-21(23)27(33)34/h5-14,16H,4,15H2,1-3H3. The zero-order chi connectivity index (χ0) is 25.8. The number of ether oxygens (including phenoxy) is 2. The maximum Gasteiger partial charge on any atom is 0.282 e. The summed E-state index contributed by atoms with van der Waals surface area (Å²) >= 11 is 10.5. The molecule has 0 N–H and O–H groups in total. The van der Waals surface area contributed by atoms with E-state index in [4.69, 9.17) is 14.5 Å². The summed E-state index contributed by atoms with van der Waals surface area (Å²) < 4.78 is 15.9. The van der Waals surface area contributed by atoms with Crippen LogP contribution in [0.25, 0.3) is 10.9 Å². The minimum Gasteiger partial charge on any atom is -0.490 e. The number of fused-ring (bicyclic) bond motifs is 1. The summed E-state index contributed by atoms with van der Waals surface area (Å²) in [7, 11) is 0. The van der Waals surface area contributed by atoms with Gasteiger partial charge in [0.2, 0.25) is 0 Å². The van der Waals surface area contributed by atoms with Crippen molar-refractivity contribution in [3.05, 3.63) is 95.3 Å². The van der Waals surface area contributed by atoms with E-state index in [0.29, 0.717) is 41.4 Å². The molecular formula is C27H24Br3N3O3. The van der Waals surface area contributed by atoms with Gasteiger partial charge in [-0.1, -0.05) is 57.8 Å². The lowest BCUT2D eigenvalue weighted by molar-refractivity contribution is 0.267. The molecule has 0 radical (unpaired) electrons. The monoisotopic (exact) mass is 675 g/mol. The Morgan fingerprint density at radius 3 is 2.42 bits per heavy atom. The molecule has 4 aromatic rings. The second kappa shape index (κ2) is 11.7. The van der Waals surface area contributed by atoms with Gasteiger partial charge in [-0.15, -0.1) is 0 Å². The highest BCUT2D eigenvalue weighted by Crippen LogP contribution is 2.37. The van der Waals surface area contributed by atoms with E-state index in [-0.39, 0.29) is 11.5 Å². The van der Waals surface area contributed by atoms with Crippen molar-refractivity contribution in [1.29, 1.82) is 0 Å². The number of benzene rings is 3. The SMILES string of the molecule is CCOc1cc(C=Nn2c(C(C)C)nc3ccc(Br)cc3c2=O)cc(Br)c1OCc1ccc(Br)cc1. The van der Waals surface area contributed by atoms with Gasteiger partial charge in [-0.25, -0.2) is 4.98 Å². The summed E-state index contributed by atoms with van der Waals surface area (Å²) in [5, 5.41) is 5.03. The topological polar surface area (TPSA) is 65.7 Å². The molecule has 1 heterocycles. The van der Waals surface area contributed by atoms with Crippen molar-refractivity contribution in [1.82, 2.24) is 9.66 Å². The van der Waals surface area contributed by atoms with E-state index in [9.17, 15) is 4.79 Å². The molecule has 0 aliphatic heterocycles. The third-order valence-electron chi connectivity index (χ3n) is 5.30. The summed E-state index contributed by atoms with van der Waals surface area (Å²) in [5.41, 5.74) is 2.21. The molecule has 0 fully saturated rings. The van der Waals surface area contributed by atoms with Crippen molar-refractivity contribution in [2.45, 2.75) is 33.3 Å². The van der Waals surface area contributed by atoms with Crippen molar-refractivity contribution < 1.29 is 9.47 Å². The van der Waals surface area contributed by atoms with Gasteiger partial charge in [-0.2, -0.15) is 9.78 Å². The summed E-state index contributed by atoms with van der Waals surface area (Å²) in [5.74, 6) is 1.78. The van der Waals surface area contributed by atoms with Gasteiger partial charge in [0.05, 0.1) is 28.2 Å². The van der Waals surface area contributed by atoms with Gasteiger partial charge in [-0.05, 0) is 76.4 Å². The Balaban J connectivity index is 1.69. The van der Waals surface area contributed by atoms with Crippen LogP contribution in [0.4, 0.5) is 0 Å². The summed E-state index contributed by atoms with van der Waals surface area (Å²) in [6.45, 7) is 6.76. The van der Waals surface area contributed by atoms with Crippen LogP contribution < -0.4 is 15.0 Å². The van der Waals surface area contributed by atoms with Gasteiger partial charge in [0, 0.05) is 14.9 Å². The van der Waals surface area contributed by atoms with Crippen LogP contribution >= 0.6 is 47.8 Å². The minimum absolute atomic E-state index is 0.00278. The lowest BCUT2D eigenvalue weighted by Crippen LogP contribution is -2.23. The zero-order valence-electron chi connectivity index (χ0n) is 20.0. The van der Waals surface area contributed by atoms with Crippen molar-refractivity contribution in [2.24, 2.45) is 5.10 Å². The molecule has 0 saturated carbocycles. The molecule has 0 saturated heterocycles. The molecule has 0 amide bonds. The number of nitrogens with zero attached hydrogens (tertiary/aromatic N) is 3. The molecule has 36 heavy (non-hydrogen) atoms. The first-order chi connectivity index (χ1) is 17.3. The molecular weight excluding hydrogens is 654 g/mol. The summed E-state index contributed by atoms with van der Waals surface area (Å²) in [6, 6.07) is 17.2. The van der Waals surface area contributed by atoms with Crippen molar-refractivity contribution in [3.8, 4) is 11.5 Å². The summed E-state index contributed by atoms with van der Waals surface area (Å²) in [6.07, 6.45) is 1.63. The van der Waals surface area contributed by atoms with E-state index < -0.39 is 0 Å². The highest BCUT2D eigenvalue weighted by atomic mass is 79.9. The predicted octanol–water partition coefficient (Wildman–Crippen LogP) is 7.67. The second-order valence-electron chi connectivity index (χ2n) is 8.33. The first-order valence-electron chi connectivity index (χ1n) is 11.4. The van der Waals surface area contributed by atoms with Crippen LogP contribution in [-0.2, 0) is 6.61 Å². The third kappa shape index (κ3) is 6.07. The fourth-order valence-electron chi connectivity index (χ4n) is 3.58. The quantitative estimate of drug-likeness (QED) is 0.180. The molecule has 0 bridgehead atoms. The van der Waals surface area contributed by atoms with Crippen molar-refractivity contribution >= 4 is 64.9 Å². The van der Waals surface area contributed by atoms with E-state index in [1.165, 1.54) is 4.68 Å². The Bertz CT molecular complexity index is 1480. The largest absolute Gasteiger partial charge is 0.490 e. The van der Waals surface area contributed by atoms with E-state index >= 15 is 0 Å². The van der Waals surface area contributed by atoms with Gasteiger partial charge >= 0.3 is 0 Å². The van der Waals surface area contributed by atoms with Crippen LogP contribution in [0.1, 0.15) is 43.6 Å². The number of rotatable bonds is 8. The van der Waals surface area contributed by atoms with Gasteiger partial charge in [0.1, 0.15) is 12.4 Å². The Kier molecular flexibility index (Phi) is 8.64. The lowest BCUT2D eigenvalue weighted by Gasteiger charge is -2.15. The van der Waals surface area contributed by atoms with Crippen LogP contribution in [-0.4, -0.2) is 22.5 Å². The Labute approximate surface area is 234 Å². The van der Waals surface area contributed by atoms with Crippen molar-refractivity contribution in [3.63, 3.8) is 0 Å². The summed E-state index contributed by atoms with van der Waals surface area (Å²) in [4.78, 5) is 18.0. The molecule has 9 heteroatoms. The smallest absolute Gasteiger partial charge is 0.282 e. The average Bonchev–Trinajstić information content (AvgIpc) is 2.84. The fourth-order valence-corrected chi connectivity index (χ4v) is 4.78. The normalized spacial score (nSPS) is 11.5. The highest BCUT2D eigenvalue weighted by molar-refractivity contribution is 9.11. The molecule has 1 aromatic heterocycles. The van der Waals surface area contributed by atoms with Crippen LogP contribution in [0.15, 0.2) is 77.9 Å². The Morgan fingerprint density at radius 1 is 1.00 bits per heavy atom. The molecule has 0 spiro atoms. The van der Waals surface area contributed by atoms with Crippen LogP contribution in [0.2, 0.25) is 0 Å². The van der Waals surface area contributed by atoms with Crippen LogP contribution in [0.5, 0.6) is 11.5 Å².